The Balaban J connectivity index is 2.19. The lowest BCUT2D eigenvalue weighted by atomic mass is 10.0. The first-order valence-electron chi connectivity index (χ1n) is 12.9. The Morgan fingerprint density at radius 2 is 1.83 bits per heavy atom. The molecule has 4 N–H and O–H groups in total. The zero-order chi connectivity index (χ0) is 26.3. The van der Waals surface area contributed by atoms with Gasteiger partial charge in [0.1, 0.15) is 12.1 Å². The van der Waals surface area contributed by atoms with Crippen LogP contribution in [-0.2, 0) is 25.6 Å². The Morgan fingerprint density at radius 1 is 1.08 bits per heavy atom. The molecule has 2 rings (SSSR count). The summed E-state index contributed by atoms with van der Waals surface area (Å²) in [6.07, 6.45) is 10.4. The van der Waals surface area contributed by atoms with Crippen molar-refractivity contribution in [2.75, 3.05) is 6.54 Å². The molecule has 1 aliphatic heterocycles. The predicted octanol–water partition coefficient (Wildman–Crippen LogP) is 2.55. The molecule has 0 saturated heterocycles. The van der Waals surface area contributed by atoms with Gasteiger partial charge in [-0.1, -0.05) is 82.2 Å². The van der Waals surface area contributed by atoms with E-state index in [0.717, 1.165) is 24.8 Å². The van der Waals surface area contributed by atoms with E-state index < -0.39 is 18.0 Å². The summed E-state index contributed by atoms with van der Waals surface area (Å²) in [6, 6.07) is 7.35. The van der Waals surface area contributed by atoms with Gasteiger partial charge in [0.15, 0.2) is 0 Å². The number of carbonyl (C=O) groups excluding carboxylic acids is 4. The van der Waals surface area contributed by atoms with Crippen molar-refractivity contribution >= 4 is 23.6 Å². The lowest BCUT2D eigenvalue weighted by Crippen LogP contribution is -2.55. The first kappa shape index (κ1) is 28.8. The van der Waals surface area contributed by atoms with E-state index in [1.165, 1.54) is 6.08 Å². The first-order valence-corrected chi connectivity index (χ1v) is 12.9. The fourth-order valence-corrected chi connectivity index (χ4v) is 3.77. The maximum atomic E-state index is 13.3. The molecule has 1 aromatic rings. The van der Waals surface area contributed by atoms with Crippen molar-refractivity contribution in [1.29, 1.82) is 0 Å². The van der Waals surface area contributed by atoms with Crippen molar-refractivity contribution in [2.24, 2.45) is 5.92 Å². The molecule has 1 aromatic carbocycles. The highest BCUT2D eigenvalue weighted by Gasteiger charge is 2.27. The third-order valence-electron chi connectivity index (χ3n) is 5.94. The van der Waals surface area contributed by atoms with Crippen LogP contribution in [0.1, 0.15) is 58.4 Å². The summed E-state index contributed by atoms with van der Waals surface area (Å²) in [5.74, 6) is -1.16. The van der Waals surface area contributed by atoms with Gasteiger partial charge in [0.2, 0.25) is 23.6 Å². The number of rotatable bonds is 10. The Kier molecular flexibility index (Phi) is 12.4. The van der Waals surface area contributed by atoms with Crippen LogP contribution in [0.2, 0.25) is 0 Å². The van der Waals surface area contributed by atoms with Gasteiger partial charge < -0.3 is 21.3 Å². The average molecular weight is 497 g/mol. The Morgan fingerprint density at radius 3 is 2.53 bits per heavy atom. The smallest absolute Gasteiger partial charge is 0.247 e. The van der Waals surface area contributed by atoms with Crippen LogP contribution in [0.15, 0.2) is 54.6 Å². The number of hydrogen-bond acceptors (Lipinski definition) is 4. The van der Waals surface area contributed by atoms with E-state index in [0.29, 0.717) is 25.8 Å². The lowest BCUT2D eigenvalue weighted by Gasteiger charge is -2.25. The molecular weight excluding hydrogens is 456 g/mol. The first-order chi connectivity index (χ1) is 17.3. The Bertz CT molecular complexity index is 927. The van der Waals surface area contributed by atoms with Gasteiger partial charge in [-0.15, -0.1) is 0 Å². The fraction of sp³-hybridized carbons (Fsp3) is 0.500. The minimum Gasteiger partial charge on any atom is -0.352 e. The molecular formula is C28H40N4O4. The van der Waals surface area contributed by atoms with Crippen molar-refractivity contribution in [2.45, 2.75) is 77.4 Å². The molecule has 0 aromatic heterocycles. The van der Waals surface area contributed by atoms with Gasteiger partial charge in [0.25, 0.3) is 0 Å². The van der Waals surface area contributed by atoms with Gasteiger partial charge in [-0.2, -0.15) is 0 Å². The third-order valence-corrected chi connectivity index (χ3v) is 5.94. The summed E-state index contributed by atoms with van der Waals surface area (Å²) in [6.45, 7) is 6.36. The van der Waals surface area contributed by atoms with Crippen LogP contribution < -0.4 is 21.3 Å². The topological polar surface area (TPSA) is 116 Å². The molecule has 8 heteroatoms. The van der Waals surface area contributed by atoms with Crippen molar-refractivity contribution in [3.63, 3.8) is 0 Å². The SMILES string of the molecule is CCCCCC(=O)N[C@@H](Cc1ccccc1)C(=O)N[C@H]1/C=C/CCNC(=O)/C=C/[C@H](C(C)C)NC1=O. The number of benzene rings is 1. The monoisotopic (exact) mass is 496 g/mol. The number of hydrogen-bond donors (Lipinski definition) is 4. The van der Waals surface area contributed by atoms with Crippen molar-refractivity contribution in [3.05, 3.63) is 60.2 Å². The summed E-state index contributed by atoms with van der Waals surface area (Å²) >= 11 is 0. The van der Waals surface area contributed by atoms with Crippen LogP contribution >= 0.6 is 0 Å². The summed E-state index contributed by atoms with van der Waals surface area (Å²) in [5, 5.41) is 11.4. The number of carbonyl (C=O) groups is 4. The Labute approximate surface area is 214 Å². The Hall–Kier alpha value is -3.42. The van der Waals surface area contributed by atoms with Gasteiger partial charge in [-0.25, -0.2) is 0 Å². The molecule has 1 aliphatic rings. The van der Waals surface area contributed by atoms with Crippen LogP contribution in [-0.4, -0.2) is 48.3 Å². The molecule has 36 heavy (non-hydrogen) atoms. The van der Waals surface area contributed by atoms with Crippen molar-refractivity contribution in [3.8, 4) is 0 Å². The minimum absolute atomic E-state index is 0.0366. The highest BCUT2D eigenvalue weighted by Crippen LogP contribution is 2.08. The molecule has 3 atom stereocenters. The van der Waals surface area contributed by atoms with E-state index in [9.17, 15) is 19.2 Å². The molecule has 4 amide bonds. The fourth-order valence-electron chi connectivity index (χ4n) is 3.77. The van der Waals surface area contributed by atoms with Gasteiger partial charge >= 0.3 is 0 Å². The highest BCUT2D eigenvalue weighted by molar-refractivity contribution is 5.93. The summed E-state index contributed by atoms with van der Waals surface area (Å²) in [5.41, 5.74) is 0.908. The van der Waals surface area contributed by atoms with Crippen LogP contribution in [0.5, 0.6) is 0 Å². The third kappa shape index (κ3) is 10.5. The van der Waals surface area contributed by atoms with Crippen LogP contribution in [0.4, 0.5) is 0 Å². The van der Waals surface area contributed by atoms with E-state index in [2.05, 4.69) is 28.2 Å². The zero-order valence-electron chi connectivity index (χ0n) is 21.6. The molecule has 0 radical (unpaired) electrons. The summed E-state index contributed by atoms with van der Waals surface area (Å²) in [4.78, 5) is 51.0. The lowest BCUT2D eigenvalue weighted by molar-refractivity contribution is -0.131. The number of unbranched alkanes of at least 4 members (excludes halogenated alkanes) is 2. The number of nitrogens with one attached hydrogen (secondary N) is 4. The standard InChI is InChI=1S/C28H40N4O4/c1-4-5-7-15-26(34)30-24(19-21-12-8-6-9-13-21)28(36)32-23-14-10-11-18-29-25(33)17-16-22(20(2)3)31-27(23)35/h6,8-10,12-14,16-17,20,22-24H,4-5,7,11,15,18-19H2,1-3H3,(H,29,33)(H,30,34)(H,31,35)(H,32,36)/b14-10+,17-16+/t22-,23+,24+/m1/s1. The normalized spacial score (nSPS) is 21.2. The van der Waals surface area contributed by atoms with Gasteiger partial charge in [-0.05, 0) is 24.3 Å². The van der Waals surface area contributed by atoms with E-state index in [4.69, 9.17) is 0 Å². The molecule has 1 heterocycles. The van der Waals surface area contributed by atoms with Crippen molar-refractivity contribution < 1.29 is 19.2 Å². The molecule has 0 bridgehead atoms. The van der Waals surface area contributed by atoms with E-state index >= 15 is 0 Å². The average Bonchev–Trinajstić information content (AvgIpc) is 2.84. The van der Waals surface area contributed by atoms with Gasteiger partial charge in [0, 0.05) is 31.5 Å². The molecule has 0 aliphatic carbocycles. The zero-order valence-corrected chi connectivity index (χ0v) is 21.6. The van der Waals surface area contributed by atoms with Gasteiger partial charge in [0.05, 0.1) is 0 Å². The van der Waals surface area contributed by atoms with Crippen LogP contribution in [0, 0.1) is 5.92 Å². The predicted molar refractivity (Wildman–Crippen MR) is 141 cm³/mol. The van der Waals surface area contributed by atoms with E-state index in [-0.39, 0.29) is 29.7 Å². The summed E-state index contributed by atoms with van der Waals surface area (Å²) < 4.78 is 0. The van der Waals surface area contributed by atoms with Crippen LogP contribution in [0.3, 0.4) is 0 Å². The largest absolute Gasteiger partial charge is 0.352 e. The van der Waals surface area contributed by atoms with Gasteiger partial charge in [-0.3, -0.25) is 19.2 Å². The molecule has 8 nitrogen and oxygen atoms in total. The maximum absolute atomic E-state index is 13.3. The van der Waals surface area contributed by atoms with E-state index in [1.54, 1.807) is 18.2 Å². The second kappa shape index (κ2) is 15.5. The van der Waals surface area contributed by atoms with Crippen molar-refractivity contribution in [1.82, 2.24) is 21.3 Å². The quantitative estimate of drug-likeness (QED) is 0.294. The molecule has 196 valence electrons. The molecule has 0 fully saturated rings. The number of amides is 4. The molecule has 0 unspecified atom stereocenters. The molecule has 0 saturated carbocycles. The second-order valence-corrected chi connectivity index (χ2v) is 9.40. The van der Waals surface area contributed by atoms with Crippen LogP contribution in [0.25, 0.3) is 0 Å². The maximum Gasteiger partial charge on any atom is 0.247 e. The second-order valence-electron chi connectivity index (χ2n) is 9.40. The summed E-state index contributed by atoms with van der Waals surface area (Å²) in [7, 11) is 0. The molecule has 0 spiro atoms. The highest BCUT2D eigenvalue weighted by atomic mass is 16.2. The van der Waals surface area contributed by atoms with E-state index in [1.807, 2.05) is 44.2 Å². The minimum atomic E-state index is -0.919.